The highest BCUT2D eigenvalue weighted by Gasteiger charge is 2.23. The molecule has 3 heteroatoms. The highest BCUT2D eigenvalue weighted by molar-refractivity contribution is 5.74. The molecule has 1 N–H and O–H groups in total. The van der Waals surface area contributed by atoms with Crippen molar-refractivity contribution in [3.05, 3.63) is 0 Å². The fraction of sp³-hybridized carbons (Fsp3) is 0.929. The van der Waals surface area contributed by atoms with Gasteiger partial charge in [0, 0.05) is 19.6 Å². The van der Waals surface area contributed by atoms with Crippen LogP contribution in [0.5, 0.6) is 0 Å². The van der Waals surface area contributed by atoms with Crippen molar-refractivity contribution in [2.45, 2.75) is 47.5 Å². The molecular weight excluding hydrogens is 212 g/mol. The van der Waals surface area contributed by atoms with Gasteiger partial charge in [0.05, 0.1) is 0 Å². The summed E-state index contributed by atoms with van der Waals surface area (Å²) >= 11 is 0. The van der Waals surface area contributed by atoms with Crippen molar-refractivity contribution in [1.29, 1.82) is 0 Å². The van der Waals surface area contributed by atoms with E-state index in [-0.39, 0.29) is 11.4 Å². The number of nitrogens with one attached hydrogen (secondary N) is 1. The molecule has 1 unspecified atom stereocenters. The van der Waals surface area contributed by atoms with Gasteiger partial charge in [-0.2, -0.15) is 0 Å². The van der Waals surface area contributed by atoms with E-state index >= 15 is 0 Å². The van der Waals surface area contributed by atoms with Gasteiger partial charge in [-0.15, -0.1) is 0 Å². The minimum Gasteiger partial charge on any atom is -0.338 e. The highest BCUT2D eigenvalue weighted by Crippen LogP contribution is 2.24. The summed E-state index contributed by atoms with van der Waals surface area (Å²) in [4.78, 5) is 13.9. The lowest BCUT2D eigenvalue weighted by atomic mass is 9.82. The smallest absolute Gasteiger partial charge is 0.317 e. The highest BCUT2D eigenvalue weighted by atomic mass is 16.2. The van der Waals surface area contributed by atoms with Crippen LogP contribution in [0, 0.1) is 17.3 Å². The Bertz CT molecular complexity index is 249. The standard InChI is InChI=1S/C14H28N2O/c1-11-6-8-16(9-7-11)13(17)15-10-12(2)14(3,4)5/h11-12H,6-10H2,1-5H3,(H,15,17). The lowest BCUT2D eigenvalue weighted by Crippen LogP contribution is -2.46. The predicted octanol–water partition coefficient (Wildman–Crippen LogP) is 3.11. The summed E-state index contributed by atoms with van der Waals surface area (Å²) in [6.07, 6.45) is 2.28. The number of amides is 2. The number of likely N-dealkylation sites (tertiary alicyclic amines) is 1. The molecule has 100 valence electrons. The maximum atomic E-state index is 12.0. The first-order valence-electron chi connectivity index (χ1n) is 6.83. The SMILES string of the molecule is CC1CCN(C(=O)NCC(C)C(C)(C)C)CC1. The Morgan fingerprint density at radius 3 is 2.35 bits per heavy atom. The summed E-state index contributed by atoms with van der Waals surface area (Å²) in [6, 6.07) is 0.119. The number of hydrogen-bond donors (Lipinski definition) is 1. The van der Waals surface area contributed by atoms with E-state index in [1.165, 1.54) is 0 Å². The summed E-state index contributed by atoms with van der Waals surface area (Å²) in [7, 11) is 0. The number of rotatable bonds is 2. The van der Waals surface area contributed by atoms with E-state index in [9.17, 15) is 4.79 Å². The molecule has 0 aromatic carbocycles. The van der Waals surface area contributed by atoms with Crippen molar-refractivity contribution in [2.75, 3.05) is 19.6 Å². The van der Waals surface area contributed by atoms with Gasteiger partial charge in [-0.3, -0.25) is 0 Å². The van der Waals surface area contributed by atoms with Crippen molar-refractivity contribution in [3.8, 4) is 0 Å². The van der Waals surface area contributed by atoms with Crippen LogP contribution in [0.2, 0.25) is 0 Å². The van der Waals surface area contributed by atoms with Crippen molar-refractivity contribution in [3.63, 3.8) is 0 Å². The molecule has 1 heterocycles. The normalized spacial score (nSPS) is 20.2. The Morgan fingerprint density at radius 1 is 1.35 bits per heavy atom. The van der Waals surface area contributed by atoms with E-state index in [1.807, 2.05) is 4.90 Å². The van der Waals surface area contributed by atoms with Crippen LogP contribution in [-0.2, 0) is 0 Å². The molecule has 1 aliphatic rings. The second-order valence-electron chi connectivity index (χ2n) is 6.62. The summed E-state index contributed by atoms with van der Waals surface area (Å²) in [6.45, 7) is 13.7. The summed E-state index contributed by atoms with van der Waals surface area (Å²) in [5, 5.41) is 3.06. The first-order valence-corrected chi connectivity index (χ1v) is 6.83. The fourth-order valence-electron chi connectivity index (χ4n) is 1.87. The number of urea groups is 1. The van der Waals surface area contributed by atoms with Gasteiger partial charge in [0.25, 0.3) is 0 Å². The zero-order valence-corrected chi connectivity index (χ0v) is 12.0. The molecule has 0 aromatic rings. The summed E-state index contributed by atoms with van der Waals surface area (Å²) in [5.74, 6) is 1.27. The van der Waals surface area contributed by atoms with Crippen LogP contribution in [0.15, 0.2) is 0 Å². The number of carbonyl (C=O) groups is 1. The molecule has 1 aliphatic heterocycles. The molecule has 0 aromatic heterocycles. The van der Waals surface area contributed by atoms with Gasteiger partial charge in [0.15, 0.2) is 0 Å². The van der Waals surface area contributed by atoms with Crippen molar-refractivity contribution >= 4 is 6.03 Å². The molecule has 17 heavy (non-hydrogen) atoms. The summed E-state index contributed by atoms with van der Waals surface area (Å²) in [5.41, 5.74) is 0.254. The number of nitrogens with zero attached hydrogens (tertiary/aromatic N) is 1. The molecule has 0 bridgehead atoms. The monoisotopic (exact) mass is 240 g/mol. The molecule has 3 nitrogen and oxygen atoms in total. The van der Waals surface area contributed by atoms with Crippen molar-refractivity contribution in [1.82, 2.24) is 10.2 Å². The number of carbonyl (C=O) groups excluding carboxylic acids is 1. The average Bonchev–Trinajstić information content (AvgIpc) is 2.25. The van der Waals surface area contributed by atoms with Crippen LogP contribution < -0.4 is 5.32 Å². The lowest BCUT2D eigenvalue weighted by molar-refractivity contribution is 0.168. The van der Waals surface area contributed by atoms with Gasteiger partial charge in [-0.25, -0.2) is 4.79 Å². The Balaban J connectivity index is 2.30. The van der Waals surface area contributed by atoms with Crippen LogP contribution in [0.1, 0.15) is 47.5 Å². The maximum Gasteiger partial charge on any atom is 0.317 e. The number of hydrogen-bond acceptors (Lipinski definition) is 1. The van der Waals surface area contributed by atoms with Gasteiger partial charge in [-0.1, -0.05) is 34.6 Å². The van der Waals surface area contributed by atoms with Crippen molar-refractivity contribution < 1.29 is 4.79 Å². The molecular formula is C14H28N2O. The molecule has 0 aliphatic carbocycles. The van der Waals surface area contributed by atoms with Crippen molar-refractivity contribution in [2.24, 2.45) is 17.3 Å². The Labute approximate surface area is 106 Å². The minimum atomic E-state index is 0.119. The van der Waals surface area contributed by atoms with E-state index in [0.29, 0.717) is 5.92 Å². The maximum absolute atomic E-state index is 12.0. The summed E-state index contributed by atoms with van der Waals surface area (Å²) < 4.78 is 0. The van der Waals surface area contributed by atoms with Crippen LogP contribution >= 0.6 is 0 Å². The third kappa shape index (κ3) is 4.57. The zero-order chi connectivity index (χ0) is 13.1. The molecule has 0 radical (unpaired) electrons. The van der Waals surface area contributed by atoms with Gasteiger partial charge in [0.2, 0.25) is 0 Å². The van der Waals surface area contributed by atoms with Crippen LogP contribution in [-0.4, -0.2) is 30.6 Å². The van der Waals surface area contributed by atoms with Gasteiger partial charge in [-0.05, 0) is 30.1 Å². The molecule has 1 fully saturated rings. The second kappa shape index (κ2) is 5.74. The average molecular weight is 240 g/mol. The van der Waals surface area contributed by atoms with Crippen LogP contribution in [0.3, 0.4) is 0 Å². The zero-order valence-electron chi connectivity index (χ0n) is 12.0. The fourth-order valence-corrected chi connectivity index (χ4v) is 1.87. The minimum absolute atomic E-state index is 0.119. The Morgan fingerprint density at radius 2 is 1.88 bits per heavy atom. The number of piperidine rings is 1. The molecule has 1 rings (SSSR count). The topological polar surface area (TPSA) is 32.3 Å². The second-order valence-corrected chi connectivity index (χ2v) is 6.62. The van der Waals surface area contributed by atoms with E-state index in [1.54, 1.807) is 0 Å². The van der Waals surface area contributed by atoms with Crippen LogP contribution in [0.25, 0.3) is 0 Å². The lowest BCUT2D eigenvalue weighted by Gasteiger charge is -2.32. The van der Waals surface area contributed by atoms with E-state index in [0.717, 1.165) is 38.4 Å². The van der Waals surface area contributed by atoms with E-state index in [2.05, 4.69) is 39.9 Å². The quantitative estimate of drug-likeness (QED) is 0.790. The molecule has 1 saturated heterocycles. The molecule has 0 saturated carbocycles. The molecule has 2 amide bonds. The largest absolute Gasteiger partial charge is 0.338 e. The first kappa shape index (κ1) is 14.3. The Hall–Kier alpha value is -0.730. The third-order valence-electron chi connectivity index (χ3n) is 4.11. The molecule has 0 spiro atoms. The van der Waals surface area contributed by atoms with Gasteiger partial charge < -0.3 is 10.2 Å². The third-order valence-corrected chi connectivity index (χ3v) is 4.11. The Kier molecular flexibility index (Phi) is 4.84. The van der Waals surface area contributed by atoms with Gasteiger partial charge >= 0.3 is 6.03 Å². The predicted molar refractivity (Wildman–Crippen MR) is 72.0 cm³/mol. The van der Waals surface area contributed by atoms with Gasteiger partial charge in [0.1, 0.15) is 0 Å². The van der Waals surface area contributed by atoms with Crippen LogP contribution in [0.4, 0.5) is 4.79 Å². The first-order chi connectivity index (χ1) is 7.80. The van der Waals surface area contributed by atoms with E-state index in [4.69, 9.17) is 0 Å². The van der Waals surface area contributed by atoms with E-state index < -0.39 is 0 Å². The molecule has 1 atom stereocenters.